The van der Waals surface area contributed by atoms with Gasteiger partial charge in [-0.1, -0.05) is 34.1 Å². The first kappa shape index (κ1) is 28.2. The molecule has 5 unspecified atom stereocenters. The molecular weight excluding hydrogens is 408 g/mol. The molecule has 0 spiro atoms. The number of hydrogen-bond donors (Lipinski definition) is 5. The first-order chi connectivity index (χ1) is 13.9. The maximum Gasteiger partial charge on any atom is 0.325 e. The standard InChI is InChI=1S/C20H38N4O5S/c1-7-12(4)16(19(27)22-13(5)20(28)29)24-18(26)15(10-11(2)3)23-17(25)14(21)8-9-30-6/h11-16H,7-10,21H2,1-6H3,(H,22,27)(H,23,25)(H,24,26)(H,28,29). The number of carboxylic acid groups (broad SMARTS) is 1. The van der Waals surface area contributed by atoms with E-state index in [-0.39, 0.29) is 11.8 Å². The number of carboxylic acids is 1. The lowest BCUT2D eigenvalue weighted by atomic mass is 9.96. The quantitative estimate of drug-likeness (QED) is 0.264. The lowest BCUT2D eigenvalue weighted by Gasteiger charge is -2.28. The third-order valence-corrected chi connectivity index (χ3v) is 5.48. The highest BCUT2D eigenvalue weighted by Gasteiger charge is 2.32. The van der Waals surface area contributed by atoms with Crippen molar-refractivity contribution in [3.8, 4) is 0 Å². The molecule has 3 amide bonds. The molecule has 0 saturated heterocycles. The van der Waals surface area contributed by atoms with E-state index in [1.807, 2.05) is 27.0 Å². The molecule has 0 bridgehead atoms. The molecule has 10 heteroatoms. The molecule has 0 fully saturated rings. The van der Waals surface area contributed by atoms with Crippen LogP contribution in [0.2, 0.25) is 0 Å². The van der Waals surface area contributed by atoms with Crippen LogP contribution in [0.3, 0.4) is 0 Å². The van der Waals surface area contributed by atoms with Crippen molar-refractivity contribution in [2.75, 3.05) is 12.0 Å². The van der Waals surface area contributed by atoms with Crippen molar-refractivity contribution in [1.82, 2.24) is 16.0 Å². The molecule has 0 rings (SSSR count). The van der Waals surface area contributed by atoms with Crippen LogP contribution in [-0.4, -0.2) is 65.0 Å². The van der Waals surface area contributed by atoms with Crippen molar-refractivity contribution in [3.05, 3.63) is 0 Å². The van der Waals surface area contributed by atoms with E-state index in [1.54, 1.807) is 18.7 Å². The highest BCUT2D eigenvalue weighted by molar-refractivity contribution is 7.98. The summed E-state index contributed by atoms with van der Waals surface area (Å²) in [5.74, 6) is -2.01. The van der Waals surface area contributed by atoms with Crippen molar-refractivity contribution in [1.29, 1.82) is 0 Å². The van der Waals surface area contributed by atoms with Crippen LogP contribution in [0.25, 0.3) is 0 Å². The van der Waals surface area contributed by atoms with Gasteiger partial charge in [-0.15, -0.1) is 0 Å². The molecule has 0 aliphatic heterocycles. The van der Waals surface area contributed by atoms with Gasteiger partial charge in [-0.25, -0.2) is 0 Å². The first-order valence-electron chi connectivity index (χ1n) is 10.3. The van der Waals surface area contributed by atoms with Crippen LogP contribution in [-0.2, 0) is 19.2 Å². The number of carbonyl (C=O) groups excluding carboxylic acids is 3. The smallest absolute Gasteiger partial charge is 0.325 e. The summed E-state index contributed by atoms with van der Waals surface area (Å²) in [6, 6.07) is -3.55. The van der Waals surface area contributed by atoms with Gasteiger partial charge in [0.1, 0.15) is 18.1 Å². The summed E-state index contributed by atoms with van der Waals surface area (Å²) < 4.78 is 0. The normalized spacial score (nSPS) is 16.1. The number of nitrogens with two attached hydrogens (primary N) is 1. The van der Waals surface area contributed by atoms with Crippen molar-refractivity contribution < 1.29 is 24.3 Å². The third-order valence-electron chi connectivity index (χ3n) is 4.83. The summed E-state index contributed by atoms with van der Waals surface area (Å²) in [7, 11) is 0. The zero-order valence-corrected chi connectivity index (χ0v) is 19.7. The molecule has 174 valence electrons. The number of nitrogens with one attached hydrogen (secondary N) is 3. The van der Waals surface area contributed by atoms with Crippen LogP contribution in [0, 0.1) is 11.8 Å². The van der Waals surface area contributed by atoms with Crippen molar-refractivity contribution in [2.24, 2.45) is 17.6 Å². The summed E-state index contributed by atoms with van der Waals surface area (Å²) in [4.78, 5) is 49.0. The fraction of sp³-hybridized carbons (Fsp3) is 0.800. The van der Waals surface area contributed by atoms with E-state index in [1.165, 1.54) is 6.92 Å². The van der Waals surface area contributed by atoms with E-state index in [4.69, 9.17) is 10.8 Å². The molecule has 0 saturated carbocycles. The first-order valence-corrected chi connectivity index (χ1v) is 11.7. The van der Waals surface area contributed by atoms with E-state index < -0.39 is 47.9 Å². The molecule has 6 N–H and O–H groups in total. The van der Waals surface area contributed by atoms with E-state index in [2.05, 4.69) is 16.0 Å². The Morgan fingerprint density at radius 2 is 1.57 bits per heavy atom. The lowest BCUT2D eigenvalue weighted by Crippen LogP contribution is -2.58. The van der Waals surface area contributed by atoms with E-state index in [9.17, 15) is 19.2 Å². The third kappa shape index (κ3) is 10.3. The number of amides is 3. The maximum absolute atomic E-state index is 12.9. The van der Waals surface area contributed by atoms with Crippen LogP contribution >= 0.6 is 11.8 Å². The topological polar surface area (TPSA) is 151 Å². The Balaban J connectivity index is 5.35. The number of aliphatic carboxylic acids is 1. The van der Waals surface area contributed by atoms with Gasteiger partial charge in [0.05, 0.1) is 6.04 Å². The van der Waals surface area contributed by atoms with Gasteiger partial charge in [-0.3, -0.25) is 19.2 Å². The number of thioether (sulfide) groups is 1. The van der Waals surface area contributed by atoms with Crippen LogP contribution in [0.5, 0.6) is 0 Å². The predicted molar refractivity (Wildman–Crippen MR) is 119 cm³/mol. The molecule has 9 nitrogen and oxygen atoms in total. The van der Waals surface area contributed by atoms with E-state index in [0.717, 1.165) is 5.75 Å². The molecule has 0 radical (unpaired) electrons. The highest BCUT2D eigenvalue weighted by atomic mass is 32.2. The highest BCUT2D eigenvalue weighted by Crippen LogP contribution is 2.11. The molecule has 0 aromatic heterocycles. The Morgan fingerprint density at radius 1 is 0.967 bits per heavy atom. The van der Waals surface area contributed by atoms with Gasteiger partial charge >= 0.3 is 5.97 Å². The Labute approximate surface area is 183 Å². The Kier molecular flexibility index (Phi) is 13.4. The van der Waals surface area contributed by atoms with E-state index in [0.29, 0.717) is 19.3 Å². The van der Waals surface area contributed by atoms with Crippen molar-refractivity contribution in [3.63, 3.8) is 0 Å². The molecular formula is C20H38N4O5S. The Morgan fingerprint density at radius 3 is 2.03 bits per heavy atom. The number of carbonyl (C=O) groups is 4. The minimum Gasteiger partial charge on any atom is -0.480 e. The minimum absolute atomic E-state index is 0.117. The number of rotatable bonds is 14. The van der Waals surface area contributed by atoms with Gasteiger partial charge in [0, 0.05) is 0 Å². The maximum atomic E-state index is 12.9. The second-order valence-electron chi connectivity index (χ2n) is 8.02. The molecule has 0 aliphatic rings. The summed E-state index contributed by atoms with van der Waals surface area (Å²) in [5, 5.41) is 16.8. The second-order valence-corrected chi connectivity index (χ2v) is 9.00. The summed E-state index contributed by atoms with van der Waals surface area (Å²) in [5.41, 5.74) is 5.91. The van der Waals surface area contributed by atoms with Gasteiger partial charge in [0.25, 0.3) is 0 Å². The number of hydrogen-bond acceptors (Lipinski definition) is 6. The zero-order valence-electron chi connectivity index (χ0n) is 18.9. The molecule has 0 heterocycles. The van der Waals surface area contributed by atoms with Gasteiger partial charge in [-0.2, -0.15) is 11.8 Å². The molecule has 0 aromatic carbocycles. The Bertz CT molecular complexity index is 588. The molecule has 0 aromatic rings. The fourth-order valence-electron chi connectivity index (χ4n) is 2.68. The average Bonchev–Trinajstić information content (AvgIpc) is 2.67. The van der Waals surface area contributed by atoms with Crippen LogP contribution in [0.4, 0.5) is 0 Å². The summed E-state index contributed by atoms with van der Waals surface area (Å²) in [6.07, 6.45) is 3.40. The molecule has 30 heavy (non-hydrogen) atoms. The largest absolute Gasteiger partial charge is 0.480 e. The molecule has 5 atom stereocenters. The molecule has 0 aliphatic carbocycles. The lowest BCUT2D eigenvalue weighted by molar-refractivity contribution is -0.142. The minimum atomic E-state index is -1.17. The Hall–Kier alpha value is -1.81. The monoisotopic (exact) mass is 446 g/mol. The second kappa shape index (κ2) is 14.2. The van der Waals surface area contributed by atoms with Crippen LogP contribution in [0.15, 0.2) is 0 Å². The predicted octanol–water partition coefficient (Wildman–Crippen LogP) is 0.718. The van der Waals surface area contributed by atoms with E-state index >= 15 is 0 Å². The summed E-state index contributed by atoms with van der Waals surface area (Å²) >= 11 is 1.58. The fourth-order valence-corrected chi connectivity index (χ4v) is 3.17. The van der Waals surface area contributed by atoms with Gasteiger partial charge < -0.3 is 26.8 Å². The van der Waals surface area contributed by atoms with Gasteiger partial charge in [0.15, 0.2) is 0 Å². The van der Waals surface area contributed by atoms with Crippen LogP contribution in [0.1, 0.15) is 53.9 Å². The summed E-state index contributed by atoms with van der Waals surface area (Å²) in [6.45, 7) is 8.87. The zero-order chi connectivity index (χ0) is 23.4. The average molecular weight is 447 g/mol. The SMILES string of the molecule is CCC(C)C(NC(=O)C(CC(C)C)NC(=O)C(N)CCSC)C(=O)NC(C)C(=O)O. The van der Waals surface area contributed by atoms with Crippen LogP contribution < -0.4 is 21.7 Å². The van der Waals surface area contributed by atoms with Crippen molar-refractivity contribution in [2.45, 2.75) is 78.0 Å². The van der Waals surface area contributed by atoms with Gasteiger partial charge in [0.2, 0.25) is 17.7 Å². The van der Waals surface area contributed by atoms with Crippen molar-refractivity contribution >= 4 is 35.5 Å². The van der Waals surface area contributed by atoms with Gasteiger partial charge in [-0.05, 0) is 43.6 Å².